The lowest BCUT2D eigenvalue weighted by Crippen LogP contribution is -2.57. The van der Waals surface area contributed by atoms with E-state index in [1.807, 2.05) is 29.8 Å². The highest BCUT2D eigenvalue weighted by atomic mass is 16.5. The maximum absolute atomic E-state index is 14.4. The van der Waals surface area contributed by atoms with Gasteiger partial charge in [0, 0.05) is 43.0 Å². The van der Waals surface area contributed by atoms with Gasteiger partial charge in [0.2, 0.25) is 11.8 Å². The molecule has 3 aromatic carbocycles. The second kappa shape index (κ2) is 17.4. The van der Waals surface area contributed by atoms with Crippen LogP contribution >= 0.6 is 0 Å². The number of rotatable bonds is 9. The van der Waals surface area contributed by atoms with Crippen molar-refractivity contribution in [1.82, 2.24) is 30.4 Å². The van der Waals surface area contributed by atoms with Crippen LogP contribution in [0.1, 0.15) is 95.1 Å². The molecular formula is C50H59N7O8. The number of benzene rings is 3. The van der Waals surface area contributed by atoms with Gasteiger partial charge in [0.1, 0.15) is 30.3 Å². The van der Waals surface area contributed by atoms with Gasteiger partial charge in [-0.3, -0.25) is 14.6 Å². The minimum absolute atomic E-state index is 0.00246. The van der Waals surface area contributed by atoms with E-state index in [1.54, 1.807) is 0 Å². The fourth-order valence-corrected chi connectivity index (χ4v) is 11.7. The summed E-state index contributed by atoms with van der Waals surface area (Å²) in [4.78, 5) is 71.0. The largest absolute Gasteiger partial charge is 0.488 e. The van der Waals surface area contributed by atoms with Gasteiger partial charge in [0.25, 0.3) is 0 Å². The third kappa shape index (κ3) is 7.78. The lowest BCUT2D eigenvalue weighted by Gasteiger charge is -2.36. The molecule has 1 saturated carbocycles. The Kier molecular flexibility index (Phi) is 11.5. The summed E-state index contributed by atoms with van der Waals surface area (Å²) in [5, 5.41) is 7.85. The van der Waals surface area contributed by atoms with Crippen LogP contribution in [0.4, 0.5) is 15.3 Å². The summed E-state index contributed by atoms with van der Waals surface area (Å²) in [6, 6.07) is 13.3. The smallest absolute Gasteiger partial charge is 0.407 e. The van der Waals surface area contributed by atoms with Crippen molar-refractivity contribution in [3.8, 4) is 28.1 Å². The molecule has 0 unspecified atom stereocenters. The molecule has 4 fully saturated rings. The molecule has 10 rings (SSSR count). The topological polar surface area (TPSA) is 177 Å². The number of aromatic amines is 1. The number of carbonyl (C=O) groups is 4. The van der Waals surface area contributed by atoms with Crippen LogP contribution in [0.5, 0.6) is 5.75 Å². The first kappa shape index (κ1) is 43.0. The van der Waals surface area contributed by atoms with Gasteiger partial charge in [-0.1, -0.05) is 38.5 Å². The van der Waals surface area contributed by atoms with Crippen molar-refractivity contribution in [2.45, 2.75) is 121 Å². The molecule has 65 heavy (non-hydrogen) atoms. The van der Waals surface area contributed by atoms with Crippen LogP contribution in [0.2, 0.25) is 0 Å². The summed E-state index contributed by atoms with van der Waals surface area (Å²) in [5.74, 6) is 1.64. The van der Waals surface area contributed by atoms with Crippen molar-refractivity contribution in [1.29, 1.82) is 0 Å². The predicted octanol–water partition coefficient (Wildman–Crippen LogP) is 7.77. The molecule has 4 aromatic rings. The molecular weight excluding hydrogens is 827 g/mol. The molecule has 342 valence electrons. The number of hydrogen-bond acceptors (Lipinski definition) is 10. The number of H-pyrrole nitrogens is 1. The van der Waals surface area contributed by atoms with E-state index in [0.29, 0.717) is 45.0 Å². The highest BCUT2D eigenvalue weighted by molar-refractivity contribution is 6.06. The van der Waals surface area contributed by atoms with Gasteiger partial charge in [0.15, 0.2) is 0 Å². The van der Waals surface area contributed by atoms with Crippen molar-refractivity contribution in [2.75, 3.05) is 27.4 Å². The molecule has 5 aliphatic heterocycles. The number of imidazole rings is 1. The molecule has 0 bridgehead atoms. The number of ether oxygens (including phenoxy) is 4. The zero-order valence-corrected chi connectivity index (χ0v) is 37.9. The summed E-state index contributed by atoms with van der Waals surface area (Å²) in [5.41, 5.74) is 8.07. The minimum Gasteiger partial charge on any atom is -0.488 e. The lowest BCUT2D eigenvalue weighted by molar-refractivity contribution is -0.138. The minimum atomic E-state index is -0.699. The molecule has 6 heterocycles. The third-order valence-electron chi connectivity index (χ3n) is 15.1. The lowest BCUT2D eigenvalue weighted by atomic mass is 9.90. The standard InChI is InChI=1S/C50H59N7O8/c1-26(2)44(54-49(60)62-4)47(58)57-40-8-6-7-31(40)21-42(57)46-51-24-39(53-46)30-10-12-33-32(19-30)25-65-43-23-34-29(20-36(33)43)11-13-37-35(34)22-38(52-37)41-14-9-27(3)56(41)48(59)45(55-50(61)63-5)28-15-17-64-18-16-28/h10-13,19-20,23-24,26-28,31,40-42,44-45H,6-9,14-18,21-22,25H2,1-5H3,(H,51,53)(H,54,60)(H,55,61)/t27-,31-,40-,41-,42-,44-,45-/m0/s1. The second-order valence-corrected chi connectivity index (χ2v) is 19.1. The number of amides is 4. The quantitative estimate of drug-likeness (QED) is 0.152. The maximum Gasteiger partial charge on any atom is 0.407 e. The van der Waals surface area contributed by atoms with Crippen molar-refractivity contribution >= 4 is 46.2 Å². The van der Waals surface area contributed by atoms with E-state index in [2.05, 4.69) is 65.0 Å². The van der Waals surface area contributed by atoms with Gasteiger partial charge in [-0.25, -0.2) is 14.6 Å². The molecule has 6 aliphatic rings. The van der Waals surface area contributed by atoms with Crippen LogP contribution in [0.15, 0.2) is 53.7 Å². The fourth-order valence-electron chi connectivity index (χ4n) is 11.7. The summed E-state index contributed by atoms with van der Waals surface area (Å²) >= 11 is 0. The normalized spacial score (nSPS) is 24.4. The summed E-state index contributed by atoms with van der Waals surface area (Å²) < 4.78 is 21.9. The molecule has 0 radical (unpaired) electrons. The van der Waals surface area contributed by atoms with Crippen LogP contribution in [0.25, 0.3) is 33.2 Å². The number of methoxy groups -OCH3 is 2. The zero-order chi connectivity index (χ0) is 45.1. The Balaban J connectivity index is 0.878. The molecule has 1 aromatic heterocycles. The van der Waals surface area contributed by atoms with Gasteiger partial charge in [-0.05, 0) is 127 Å². The molecule has 15 nitrogen and oxygen atoms in total. The first-order valence-corrected chi connectivity index (χ1v) is 23.4. The van der Waals surface area contributed by atoms with Crippen molar-refractivity contribution in [3.63, 3.8) is 0 Å². The fraction of sp³-hybridized carbons (Fsp3) is 0.520. The van der Waals surface area contributed by atoms with Gasteiger partial charge in [0.05, 0.1) is 43.9 Å². The van der Waals surface area contributed by atoms with E-state index in [4.69, 9.17) is 28.9 Å². The van der Waals surface area contributed by atoms with E-state index < -0.39 is 24.3 Å². The van der Waals surface area contributed by atoms with Crippen LogP contribution in [-0.4, -0.2) is 107 Å². The molecule has 15 heteroatoms. The van der Waals surface area contributed by atoms with Gasteiger partial charge >= 0.3 is 12.2 Å². The number of hydrogen-bond donors (Lipinski definition) is 3. The van der Waals surface area contributed by atoms with Gasteiger partial charge in [-0.15, -0.1) is 0 Å². The molecule has 7 atom stereocenters. The maximum atomic E-state index is 14.4. The molecule has 1 aliphatic carbocycles. The van der Waals surface area contributed by atoms with E-state index in [9.17, 15) is 19.2 Å². The number of aliphatic imine (C=N–C) groups is 1. The van der Waals surface area contributed by atoms with Crippen LogP contribution in [-0.2, 0) is 36.8 Å². The highest BCUT2D eigenvalue weighted by Crippen LogP contribution is 2.49. The first-order valence-electron chi connectivity index (χ1n) is 23.4. The van der Waals surface area contributed by atoms with Crippen LogP contribution in [0, 0.1) is 17.8 Å². The summed E-state index contributed by atoms with van der Waals surface area (Å²) in [7, 11) is 2.64. The SMILES string of the molecule is COC(=O)N[C@H](C(=O)N1[C@H](c2ncc(-c3ccc4c(c3)COc3cc5c6c(ccc5cc3-4)N=C([C@@H]3CC[C@H](C)N3C(=O)[C@@H](NC(=O)OC)C3CCOCC3)C6)[nH]2)C[C@@H]2CCC[C@@H]21)C(C)C. The van der Waals surface area contributed by atoms with E-state index in [0.717, 1.165) is 106 Å². The molecule has 3 saturated heterocycles. The predicted molar refractivity (Wildman–Crippen MR) is 244 cm³/mol. The number of carbonyl (C=O) groups excluding carboxylic acids is 4. The number of aromatic nitrogens is 2. The summed E-state index contributed by atoms with van der Waals surface area (Å²) in [6.45, 7) is 7.48. The molecule has 3 N–H and O–H groups in total. The molecule has 4 amide bonds. The average molecular weight is 886 g/mol. The van der Waals surface area contributed by atoms with Crippen LogP contribution < -0.4 is 15.4 Å². The Labute approximate surface area is 379 Å². The zero-order valence-electron chi connectivity index (χ0n) is 37.9. The number of nitrogens with one attached hydrogen (secondary N) is 3. The Morgan fingerprint density at radius 2 is 1.66 bits per heavy atom. The Morgan fingerprint density at radius 1 is 0.862 bits per heavy atom. The monoisotopic (exact) mass is 885 g/mol. The van der Waals surface area contributed by atoms with Crippen molar-refractivity contribution < 1.29 is 38.1 Å². The first-order chi connectivity index (χ1) is 31.5. The number of fused-ring (bicyclic) bond motifs is 7. The van der Waals surface area contributed by atoms with E-state index in [1.165, 1.54) is 14.2 Å². The van der Waals surface area contributed by atoms with Gasteiger partial charge in [-0.2, -0.15) is 0 Å². The third-order valence-corrected chi connectivity index (χ3v) is 15.1. The molecule has 0 spiro atoms. The Hall–Kier alpha value is -5.96. The second-order valence-electron chi connectivity index (χ2n) is 19.1. The number of nitrogens with zero attached hydrogens (tertiary/aromatic N) is 4. The Bertz CT molecular complexity index is 2560. The highest BCUT2D eigenvalue weighted by Gasteiger charge is 2.50. The average Bonchev–Trinajstić information content (AvgIpc) is 4.18. The number of alkyl carbamates (subject to hydrolysis) is 2. The van der Waals surface area contributed by atoms with E-state index >= 15 is 0 Å². The number of likely N-dealkylation sites (tertiary alicyclic amines) is 2. The summed E-state index contributed by atoms with van der Waals surface area (Å²) in [6.07, 6.45) is 8.25. The van der Waals surface area contributed by atoms with Crippen molar-refractivity contribution in [2.24, 2.45) is 22.7 Å². The van der Waals surface area contributed by atoms with E-state index in [-0.39, 0.29) is 47.8 Å². The van der Waals surface area contributed by atoms with Gasteiger partial charge < -0.3 is 44.4 Å². The Morgan fingerprint density at radius 3 is 2.45 bits per heavy atom. The van der Waals surface area contributed by atoms with Crippen molar-refractivity contribution in [3.05, 3.63) is 65.6 Å². The van der Waals surface area contributed by atoms with Crippen LogP contribution in [0.3, 0.4) is 0 Å².